The maximum Gasteiger partial charge on any atom is 0.406 e. The van der Waals surface area contributed by atoms with Crippen LogP contribution in [0.4, 0.5) is 11.5 Å². The molecule has 0 aliphatic heterocycles. The number of hydrogen-bond acceptors (Lipinski definition) is 6. The fourth-order valence-corrected chi connectivity index (χ4v) is 1.69. The van der Waals surface area contributed by atoms with E-state index in [-0.39, 0.29) is 23.9 Å². The molecule has 0 aliphatic rings. The van der Waals surface area contributed by atoms with Crippen LogP contribution in [-0.2, 0) is 6.61 Å². The molecule has 0 atom stereocenters. The van der Waals surface area contributed by atoms with E-state index in [1.165, 1.54) is 24.3 Å². The first-order valence-electron chi connectivity index (χ1n) is 5.95. The van der Waals surface area contributed by atoms with Crippen molar-refractivity contribution in [3.05, 3.63) is 67.9 Å². The number of non-ortho nitro benzene ring substituents is 1. The minimum atomic E-state index is -0.629. The fourth-order valence-electron chi connectivity index (χ4n) is 1.69. The molecule has 0 fully saturated rings. The monoisotopic (exact) mass is 289 g/mol. The Bertz CT molecular complexity index is 702. The van der Waals surface area contributed by atoms with E-state index < -0.39 is 9.85 Å². The molecule has 0 saturated heterocycles. The van der Waals surface area contributed by atoms with Crippen LogP contribution in [0, 0.1) is 27.2 Å². The summed E-state index contributed by atoms with van der Waals surface area (Å²) in [5.74, 6) is -0.350. The Balaban J connectivity index is 2.18. The highest BCUT2D eigenvalue weighted by Crippen LogP contribution is 2.25. The summed E-state index contributed by atoms with van der Waals surface area (Å²) in [6.45, 7) is 1.62. The molecule has 0 radical (unpaired) electrons. The number of pyridine rings is 1. The third kappa shape index (κ3) is 3.50. The molecule has 2 aromatic rings. The number of nitrogens with zero attached hydrogens (tertiary/aromatic N) is 3. The Hall–Kier alpha value is -3.03. The van der Waals surface area contributed by atoms with Gasteiger partial charge >= 0.3 is 5.82 Å². The molecule has 0 spiro atoms. The van der Waals surface area contributed by atoms with Gasteiger partial charge < -0.3 is 14.9 Å². The number of hydrogen-bond donors (Lipinski definition) is 0. The van der Waals surface area contributed by atoms with Crippen LogP contribution >= 0.6 is 0 Å². The molecular formula is C13H11N3O5. The van der Waals surface area contributed by atoms with Crippen molar-refractivity contribution in [1.29, 1.82) is 0 Å². The van der Waals surface area contributed by atoms with Gasteiger partial charge in [0.2, 0.25) is 5.75 Å². The SMILES string of the molecule is Cc1ccc(OCc2cccc([N+](=O)[O-])c2)c([N+](=O)[O-])n1. The van der Waals surface area contributed by atoms with Crippen LogP contribution in [0.3, 0.4) is 0 Å². The van der Waals surface area contributed by atoms with Gasteiger partial charge in [0.1, 0.15) is 12.3 Å². The highest BCUT2D eigenvalue weighted by Gasteiger charge is 2.17. The normalized spacial score (nSPS) is 10.1. The molecule has 8 nitrogen and oxygen atoms in total. The third-order valence-corrected chi connectivity index (χ3v) is 2.67. The summed E-state index contributed by atoms with van der Waals surface area (Å²) >= 11 is 0. The zero-order chi connectivity index (χ0) is 15.4. The Morgan fingerprint density at radius 2 is 1.90 bits per heavy atom. The number of ether oxygens (including phenoxy) is 1. The summed E-state index contributed by atoms with van der Waals surface area (Å²) in [6.07, 6.45) is 0. The zero-order valence-corrected chi connectivity index (χ0v) is 11.1. The van der Waals surface area contributed by atoms with Crippen LogP contribution in [-0.4, -0.2) is 14.8 Å². The quantitative estimate of drug-likeness (QED) is 0.618. The standard InChI is InChI=1S/C13H11N3O5/c1-9-5-6-12(13(14-9)16(19)20)21-8-10-3-2-4-11(7-10)15(17)18/h2-7H,8H2,1H3. The Morgan fingerprint density at radius 1 is 1.14 bits per heavy atom. The van der Waals surface area contributed by atoms with Crippen molar-refractivity contribution in [2.45, 2.75) is 13.5 Å². The number of benzene rings is 1. The smallest absolute Gasteiger partial charge is 0.406 e. The average Bonchev–Trinajstić information content (AvgIpc) is 2.46. The second-order valence-corrected chi connectivity index (χ2v) is 4.25. The first kappa shape index (κ1) is 14.4. The highest BCUT2D eigenvalue weighted by molar-refractivity contribution is 5.41. The van der Waals surface area contributed by atoms with Crippen molar-refractivity contribution in [2.75, 3.05) is 0 Å². The molecule has 0 bridgehead atoms. The molecule has 1 heterocycles. The molecular weight excluding hydrogens is 278 g/mol. The zero-order valence-electron chi connectivity index (χ0n) is 11.1. The van der Waals surface area contributed by atoms with Crippen molar-refractivity contribution < 1.29 is 14.6 Å². The lowest BCUT2D eigenvalue weighted by atomic mass is 10.2. The number of aromatic nitrogens is 1. The number of aryl methyl sites for hydroxylation is 1. The first-order chi connectivity index (χ1) is 9.97. The summed E-state index contributed by atoms with van der Waals surface area (Å²) in [6, 6.07) is 8.93. The third-order valence-electron chi connectivity index (χ3n) is 2.67. The molecule has 1 aromatic carbocycles. The van der Waals surface area contributed by atoms with Crippen LogP contribution in [0.1, 0.15) is 11.3 Å². The number of rotatable bonds is 5. The van der Waals surface area contributed by atoms with Gasteiger partial charge in [0.25, 0.3) is 5.69 Å². The van der Waals surface area contributed by atoms with Crippen molar-refractivity contribution in [2.24, 2.45) is 0 Å². The lowest BCUT2D eigenvalue weighted by Crippen LogP contribution is -2.02. The van der Waals surface area contributed by atoms with E-state index in [2.05, 4.69) is 4.98 Å². The van der Waals surface area contributed by atoms with Gasteiger partial charge in [-0.05, 0) is 27.6 Å². The molecule has 0 amide bonds. The van der Waals surface area contributed by atoms with Gasteiger partial charge in [0.15, 0.2) is 0 Å². The van der Waals surface area contributed by atoms with Gasteiger partial charge in [-0.1, -0.05) is 12.1 Å². The van der Waals surface area contributed by atoms with E-state index in [1.807, 2.05) is 0 Å². The van der Waals surface area contributed by atoms with Crippen molar-refractivity contribution in [1.82, 2.24) is 4.98 Å². The Labute approximate surface area is 119 Å². The summed E-state index contributed by atoms with van der Waals surface area (Å²) in [5.41, 5.74) is 0.983. The van der Waals surface area contributed by atoms with Crippen LogP contribution < -0.4 is 4.74 Å². The van der Waals surface area contributed by atoms with Crippen LogP contribution in [0.25, 0.3) is 0 Å². The van der Waals surface area contributed by atoms with Crippen molar-refractivity contribution in [3.8, 4) is 5.75 Å². The molecule has 0 N–H and O–H groups in total. The minimum Gasteiger partial charge on any atom is -0.481 e. The van der Waals surface area contributed by atoms with E-state index in [0.29, 0.717) is 11.3 Å². The number of nitro groups is 2. The predicted molar refractivity (Wildman–Crippen MR) is 73.1 cm³/mol. The fraction of sp³-hybridized carbons (Fsp3) is 0.154. The Kier molecular flexibility index (Phi) is 4.07. The molecule has 0 unspecified atom stereocenters. The van der Waals surface area contributed by atoms with Gasteiger partial charge in [0, 0.05) is 19.1 Å². The van der Waals surface area contributed by atoms with Gasteiger partial charge in [0.05, 0.1) is 4.92 Å². The second-order valence-electron chi connectivity index (χ2n) is 4.25. The van der Waals surface area contributed by atoms with Crippen molar-refractivity contribution in [3.63, 3.8) is 0 Å². The lowest BCUT2D eigenvalue weighted by molar-refractivity contribution is -0.390. The van der Waals surface area contributed by atoms with Gasteiger partial charge in [-0.25, -0.2) is 0 Å². The summed E-state index contributed by atoms with van der Waals surface area (Å²) in [5, 5.41) is 21.6. The summed E-state index contributed by atoms with van der Waals surface area (Å²) < 4.78 is 5.35. The largest absolute Gasteiger partial charge is 0.481 e. The van der Waals surface area contributed by atoms with Gasteiger partial charge in [-0.2, -0.15) is 0 Å². The van der Waals surface area contributed by atoms with E-state index in [4.69, 9.17) is 4.74 Å². The summed E-state index contributed by atoms with van der Waals surface area (Å²) in [4.78, 5) is 24.2. The molecule has 2 rings (SSSR count). The van der Waals surface area contributed by atoms with E-state index in [1.54, 1.807) is 19.1 Å². The second kappa shape index (κ2) is 5.95. The predicted octanol–water partition coefficient (Wildman–Crippen LogP) is 2.79. The first-order valence-corrected chi connectivity index (χ1v) is 5.95. The molecule has 1 aromatic heterocycles. The summed E-state index contributed by atoms with van der Waals surface area (Å²) in [7, 11) is 0. The molecule has 108 valence electrons. The molecule has 8 heteroatoms. The highest BCUT2D eigenvalue weighted by atomic mass is 16.6. The topological polar surface area (TPSA) is 108 Å². The van der Waals surface area contributed by atoms with E-state index >= 15 is 0 Å². The lowest BCUT2D eigenvalue weighted by Gasteiger charge is -2.06. The van der Waals surface area contributed by atoms with Crippen molar-refractivity contribution >= 4 is 11.5 Å². The van der Waals surface area contributed by atoms with E-state index in [9.17, 15) is 20.2 Å². The maximum absolute atomic E-state index is 10.9. The van der Waals surface area contributed by atoms with Crippen LogP contribution in [0.5, 0.6) is 5.75 Å². The maximum atomic E-state index is 10.9. The molecule has 0 aliphatic carbocycles. The van der Waals surface area contributed by atoms with Crippen LogP contribution in [0.2, 0.25) is 0 Å². The van der Waals surface area contributed by atoms with Gasteiger partial charge in [-0.15, -0.1) is 0 Å². The average molecular weight is 289 g/mol. The number of nitro benzene ring substituents is 1. The Morgan fingerprint density at radius 3 is 2.57 bits per heavy atom. The van der Waals surface area contributed by atoms with E-state index in [0.717, 1.165) is 0 Å². The molecule has 21 heavy (non-hydrogen) atoms. The minimum absolute atomic E-state index is 0.0206. The van der Waals surface area contributed by atoms with Gasteiger partial charge in [-0.3, -0.25) is 10.1 Å². The molecule has 0 saturated carbocycles. The van der Waals surface area contributed by atoms with Crippen LogP contribution in [0.15, 0.2) is 36.4 Å².